The van der Waals surface area contributed by atoms with E-state index < -0.39 is 11.6 Å². The molecular weight excluding hydrogens is 162 g/mol. The molecule has 0 saturated heterocycles. The monoisotopic (exact) mass is 172 g/mol. The molecule has 1 rings (SSSR count). The second-order valence-electron chi connectivity index (χ2n) is 2.56. The Bertz CT molecular complexity index is 261. The second-order valence-corrected chi connectivity index (χ2v) is 2.56. The third-order valence-corrected chi connectivity index (χ3v) is 1.61. The lowest BCUT2D eigenvalue weighted by molar-refractivity contribution is 0.288. The number of hydrogen-bond acceptors (Lipinski definition) is 1. The summed E-state index contributed by atoms with van der Waals surface area (Å²) in [5.74, 6) is -0.853. The van der Waals surface area contributed by atoms with Crippen LogP contribution in [0.2, 0.25) is 0 Å². The van der Waals surface area contributed by atoms with E-state index in [9.17, 15) is 8.78 Å². The van der Waals surface area contributed by atoms with Crippen molar-refractivity contribution < 1.29 is 13.9 Å². The van der Waals surface area contributed by atoms with Crippen LogP contribution in [0.1, 0.15) is 12.0 Å². The van der Waals surface area contributed by atoms with E-state index in [-0.39, 0.29) is 6.61 Å². The summed E-state index contributed by atoms with van der Waals surface area (Å²) < 4.78 is 25.4. The van der Waals surface area contributed by atoms with E-state index in [1.165, 1.54) is 0 Å². The van der Waals surface area contributed by atoms with Gasteiger partial charge in [-0.1, -0.05) is 0 Å². The Hall–Kier alpha value is -0.960. The van der Waals surface area contributed by atoms with Crippen molar-refractivity contribution in [1.82, 2.24) is 0 Å². The van der Waals surface area contributed by atoms with Crippen LogP contribution >= 0.6 is 0 Å². The minimum atomic E-state index is -0.440. The molecule has 12 heavy (non-hydrogen) atoms. The molecule has 66 valence electrons. The van der Waals surface area contributed by atoms with Gasteiger partial charge in [0.1, 0.15) is 11.6 Å². The molecule has 0 aliphatic carbocycles. The minimum Gasteiger partial charge on any atom is -0.396 e. The van der Waals surface area contributed by atoms with Crippen molar-refractivity contribution in [3.8, 4) is 0 Å². The number of benzene rings is 1. The van der Waals surface area contributed by atoms with E-state index in [1.54, 1.807) is 0 Å². The molecule has 0 heterocycles. The normalized spacial score (nSPS) is 10.2. The summed E-state index contributed by atoms with van der Waals surface area (Å²) in [7, 11) is 0. The lowest BCUT2D eigenvalue weighted by Gasteiger charge is -2.00. The zero-order valence-electron chi connectivity index (χ0n) is 6.56. The van der Waals surface area contributed by atoms with Gasteiger partial charge in [0.15, 0.2) is 0 Å². The van der Waals surface area contributed by atoms with Crippen LogP contribution in [0.15, 0.2) is 18.2 Å². The Kier molecular flexibility index (Phi) is 3.17. The van der Waals surface area contributed by atoms with Crippen LogP contribution in [0.3, 0.4) is 0 Å². The average Bonchev–Trinajstić information content (AvgIpc) is 2.07. The lowest BCUT2D eigenvalue weighted by atomic mass is 10.1. The summed E-state index contributed by atoms with van der Waals surface area (Å²) in [6.07, 6.45) is 0.834. The zero-order valence-corrected chi connectivity index (χ0v) is 6.56. The summed E-state index contributed by atoms with van der Waals surface area (Å²) in [6.45, 7) is -0.00401. The molecule has 0 amide bonds. The van der Waals surface area contributed by atoms with Crippen LogP contribution in [0.4, 0.5) is 8.78 Å². The largest absolute Gasteiger partial charge is 0.396 e. The quantitative estimate of drug-likeness (QED) is 0.738. The number of aliphatic hydroxyl groups is 1. The Labute approximate surface area is 69.7 Å². The van der Waals surface area contributed by atoms with E-state index in [2.05, 4.69) is 0 Å². The van der Waals surface area contributed by atoms with Crippen LogP contribution in [-0.2, 0) is 6.42 Å². The van der Waals surface area contributed by atoms with Crippen LogP contribution in [0.5, 0.6) is 0 Å². The Morgan fingerprint density at radius 2 is 2.00 bits per heavy atom. The molecule has 0 atom stereocenters. The first kappa shape index (κ1) is 9.13. The Morgan fingerprint density at radius 1 is 1.25 bits per heavy atom. The number of halogens is 2. The molecule has 1 aromatic carbocycles. The van der Waals surface area contributed by atoms with E-state index >= 15 is 0 Å². The zero-order chi connectivity index (χ0) is 8.97. The van der Waals surface area contributed by atoms with Crippen LogP contribution in [0, 0.1) is 11.6 Å². The number of aliphatic hydroxyl groups excluding tert-OH is 1. The van der Waals surface area contributed by atoms with E-state index in [1.807, 2.05) is 0 Å². The van der Waals surface area contributed by atoms with Gasteiger partial charge in [0, 0.05) is 6.61 Å². The molecule has 0 fully saturated rings. The van der Waals surface area contributed by atoms with Gasteiger partial charge in [0.05, 0.1) is 0 Å². The molecule has 1 nitrogen and oxygen atoms in total. The van der Waals surface area contributed by atoms with E-state index in [0.717, 1.165) is 18.2 Å². The van der Waals surface area contributed by atoms with Crippen molar-refractivity contribution in [1.29, 1.82) is 0 Å². The predicted molar refractivity (Wildman–Crippen MR) is 41.8 cm³/mol. The molecule has 0 saturated carbocycles. The average molecular weight is 172 g/mol. The molecule has 0 aliphatic rings. The maximum Gasteiger partial charge on any atom is 0.126 e. The SMILES string of the molecule is OCCCc1cc(F)ccc1F. The fourth-order valence-electron chi connectivity index (χ4n) is 1.00. The molecule has 0 aromatic heterocycles. The minimum absolute atomic E-state index is 0.00401. The van der Waals surface area contributed by atoms with Crippen molar-refractivity contribution in [3.63, 3.8) is 0 Å². The smallest absolute Gasteiger partial charge is 0.126 e. The summed E-state index contributed by atoms with van der Waals surface area (Å²) in [5.41, 5.74) is 0.323. The van der Waals surface area contributed by atoms with Gasteiger partial charge in [-0.25, -0.2) is 8.78 Å². The molecule has 1 N–H and O–H groups in total. The van der Waals surface area contributed by atoms with Gasteiger partial charge in [0.25, 0.3) is 0 Å². The van der Waals surface area contributed by atoms with E-state index in [0.29, 0.717) is 18.4 Å². The molecule has 0 bridgehead atoms. The summed E-state index contributed by atoms with van der Waals surface area (Å²) in [6, 6.07) is 3.34. The first-order valence-corrected chi connectivity index (χ1v) is 3.79. The molecule has 1 aromatic rings. The Balaban J connectivity index is 2.75. The highest BCUT2D eigenvalue weighted by molar-refractivity contribution is 5.18. The van der Waals surface area contributed by atoms with Crippen LogP contribution in [-0.4, -0.2) is 11.7 Å². The van der Waals surface area contributed by atoms with Crippen molar-refractivity contribution in [3.05, 3.63) is 35.4 Å². The summed E-state index contributed by atoms with van der Waals surface area (Å²) >= 11 is 0. The van der Waals surface area contributed by atoms with Gasteiger partial charge in [-0.3, -0.25) is 0 Å². The van der Waals surface area contributed by atoms with Crippen molar-refractivity contribution in [2.75, 3.05) is 6.61 Å². The number of rotatable bonds is 3. The summed E-state index contributed by atoms with van der Waals surface area (Å²) in [4.78, 5) is 0. The first-order chi connectivity index (χ1) is 5.74. The van der Waals surface area contributed by atoms with Gasteiger partial charge in [-0.05, 0) is 36.6 Å². The van der Waals surface area contributed by atoms with Crippen molar-refractivity contribution in [2.24, 2.45) is 0 Å². The molecular formula is C9H10F2O. The maximum absolute atomic E-state index is 12.8. The molecule has 0 unspecified atom stereocenters. The highest BCUT2D eigenvalue weighted by atomic mass is 19.1. The highest BCUT2D eigenvalue weighted by Crippen LogP contribution is 2.11. The van der Waals surface area contributed by atoms with Gasteiger partial charge < -0.3 is 5.11 Å². The number of hydrogen-bond donors (Lipinski definition) is 1. The van der Waals surface area contributed by atoms with Crippen LogP contribution in [0.25, 0.3) is 0 Å². The highest BCUT2D eigenvalue weighted by Gasteiger charge is 2.02. The third kappa shape index (κ3) is 2.27. The van der Waals surface area contributed by atoms with Gasteiger partial charge in [-0.15, -0.1) is 0 Å². The lowest BCUT2D eigenvalue weighted by Crippen LogP contribution is -1.94. The molecule has 0 radical (unpaired) electrons. The maximum atomic E-state index is 12.8. The predicted octanol–water partition coefficient (Wildman–Crippen LogP) is 1.89. The topological polar surface area (TPSA) is 20.2 Å². The second kappa shape index (κ2) is 4.16. The van der Waals surface area contributed by atoms with Gasteiger partial charge in [0.2, 0.25) is 0 Å². The Morgan fingerprint density at radius 3 is 2.67 bits per heavy atom. The summed E-state index contributed by atoms with van der Waals surface area (Å²) in [5, 5.41) is 8.47. The van der Waals surface area contributed by atoms with Gasteiger partial charge >= 0.3 is 0 Å². The van der Waals surface area contributed by atoms with Crippen LogP contribution < -0.4 is 0 Å². The first-order valence-electron chi connectivity index (χ1n) is 3.79. The number of aryl methyl sites for hydroxylation is 1. The molecule has 0 aliphatic heterocycles. The molecule has 0 spiro atoms. The fraction of sp³-hybridized carbons (Fsp3) is 0.333. The fourth-order valence-corrected chi connectivity index (χ4v) is 1.00. The van der Waals surface area contributed by atoms with Crippen molar-refractivity contribution >= 4 is 0 Å². The van der Waals surface area contributed by atoms with Gasteiger partial charge in [-0.2, -0.15) is 0 Å². The van der Waals surface area contributed by atoms with Crippen molar-refractivity contribution in [2.45, 2.75) is 12.8 Å². The molecule has 3 heteroatoms. The standard InChI is InChI=1S/C9H10F2O/c10-8-3-4-9(11)7(6-8)2-1-5-12/h3-4,6,12H,1-2,5H2. The van der Waals surface area contributed by atoms with E-state index in [4.69, 9.17) is 5.11 Å². The third-order valence-electron chi connectivity index (χ3n) is 1.61.